The molecule has 82 valence electrons. The van der Waals surface area contributed by atoms with Crippen LogP contribution in [0, 0.1) is 5.92 Å². The average Bonchev–Trinajstić information content (AvgIpc) is 1.97. The third-order valence-electron chi connectivity index (χ3n) is 3.38. The Labute approximate surface area is 104 Å². The average molecular weight is 290 g/mol. The van der Waals surface area contributed by atoms with Crippen molar-refractivity contribution in [2.24, 2.45) is 5.92 Å². The van der Waals surface area contributed by atoms with Gasteiger partial charge in [-0.05, 0) is 37.8 Å². The Bertz CT molecular complexity index is 372. The molecule has 15 heavy (non-hydrogen) atoms. The summed E-state index contributed by atoms with van der Waals surface area (Å²) < 4.78 is 0.945. The van der Waals surface area contributed by atoms with Gasteiger partial charge in [0, 0.05) is 15.1 Å². The SMILES string of the molecule is CC(O)(c1ccc(Br)cc1Cl)C1CCC1. The summed E-state index contributed by atoms with van der Waals surface area (Å²) in [5.74, 6) is 0.358. The summed E-state index contributed by atoms with van der Waals surface area (Å²) in [6.45, 7) is 1.87. The van der Waals surface area contributed by atoms with Gasteiger partial charge in [-0.2, -0.15) is 0 Å². The number of benzene rings is 1. The Balaban J connectivity index is 2.34. The molecule has 0 saturated heterocycles. The third-order valence-corrected chi connectivity index (χ3v) is 4.18. The molecule has 0 amide bonds. The Kier molecular flexibility index (Phi) is 3.11. The van der Waals surface area contributed by atoms with Crippen molar-refractivity contribution in [3.63, 3.8) is 0 Å². The first kappa shape index (κ1) is 11.4. The quantitative estimate of drug-likeness (QED) is 0.868. The van der Waals surface area contributed by atoms with Crippen molar-refractivity contribution in [1.29, 1.82) is 0 Å². The number of hydrogen-bond donors (Lipinski definition) is 1. The second-order valence-electron chi connectivity index (χ2n) is 4.40. The summed E-state index contributed by atoms with van der Waals surface area (Å²) >= 11 is 9.51. The molecule has 0 radical (unpaired) electrons. The molecule has 0 heterocycles. The highest BCUT2D eigenvalue weighted by atomic mass is 79.9. The van der Waals surface area contributed by atoms with Crippen LogP contribution >= 0.6 is 27.5 Å². The van der Waals surface area contributed by atoms with Crippen LogP contribution in [0.15, 0.2) is 22.7 Å². The predicted octanol–water partition coefficient (Wildman–Crippen LogP) is 4.11. The lowest BCUT2D eigenvalue weighted by molar-refractivity contribution is -0.0398. The molecule has 0 spiro atoms. The fourth-order valence-electron chi connectivity index (χ4n) is 2.09. The van der Waals surface area contributed by atoms with Gasteiger partial charge in [-0.1, -0.05) is 40.0 Å². The Morgan fingerprint density at radius 2 is 2.13 bits per heavy atom. The maximum absolute atomic E-state index is 10.5. The molecule has 1 unspecified atom stereocenters. The molecule has 0 bridgehead atoms. The van der Waals surface area contributed by atoms with Gasteiger partial charge >= 0.3 is 0 Å². The van der Waals surface area contributed by atoms with Gasteiger partial charge in [0.1, 0.15) is 0 Å². The van der Waals surface area contributed by atoms with Crippen LogP contribution in [0.2, 0.25) is 5.02 Å². The van der Waals surface area contributed by atoms with E-state index in [4.69, 9.17) is 11.6 Å². The van der Waals surface area contributed by atoms with E-state index in [0.29, 0.717) is 10.9 Å². The molecule has 1 aliphatic rings. The fraction of sp³-hybridized carbons (Fsp3) is 0.500. The minimum Gasteiger partial charge on any atom is -0.385 e. The molecule has 3 heteroatoms. The van der Waals surface area contributed by atoms with Crippen molar-refractivity contribution < 1.29 is 5.11 Å². The monoisotopic (exact) mass is 288 g/mol. The van der Waals surface area contributed by atoms with E-state index in [1.807, 2.05) is 25.1 Å². The van der Waals surface area contributed by atoms with Crippen LogP contribution in [0.25, 0.3) is 0 Å². The van der Waals surface area contributed by atoms with E-state index in [2.05, 4.69) is 15.9 Å². The zero-order valence-electron chi connectivity index (χ0n) is 8.63. The number of rotatable bonds is 2. The van der Waals surface area contributed by atoms with Gasteiger partial charge in [-0.3, -0.25) is 0 Å². The maximum Gasteiger partial charge on any atom is 0.0910 e. The van der Waals surface area contributed by atoms with Crippen LogP contribution in [0.4, 0.5) is 0 Å². The van der Waals surface area contributed by atoms with E-state index < -0.39 is 5.60 Å². The number of halogens is 2. The summed E-state index contributed by atoms with van der Waals surface area (Å²) in [7, 11) is 0. The summed E-state index contributed by atoms with van der Waals surface area (Å²) in [6, 6.07) is 5.67. The summed E-state index contributed by atoms with van der Waals surface area (Å²) in [5, 5.41) is 11.1. The van der Waals surface area contributed by atoms with E-state index in [-0.39, 0.29) is 0 Å². The van der Waals surface area contributed by atoms with Crippen LogP contribution in [0.3, 0.4) is 0 Å². The van der Waals surface area contributed by atoms with Crippen molar-refractivity contribution in [2.75, 3.05) is 0 Å². The largest absolute Gasteiger partial charge is 0.385 e. The van der Waals surface area contributed by atoms with E-state index in [1.165, 1.54) is 6.42 Å². The Morgan fingerprint density at radius 3 is 2.60 bits per heavy atom. The first-order valence-corrected chi connectivity index (χ1v) is 6.37. The summed E-state index contributed by atoms with van der Waals surface area (Å²) in [6.07, 6.45) is 3.41. The molecule has 1 aliphatic carbocycles. The second kappa shape index (κ2) is 4.08. The Hall–Kier alpha value is -0.0500. The topological polar surface area (TPSA) is 20.2 Å². The van der Waals surface area contributed by atoms with Crippen LogP contribution in [0.5, 0.6) is 0 Å². The van der Waals surface area contributed by atoms with Gasteiger partial charge in [0.05, 0.1) is 5.60 Å². The van der Waals surface area contributed by atoms with Gasteiger partial charge in [0.25, 0.3) is 0 Å². The smallest absolute Gasteiger partial charge is 0.0910 e. The van der Waals surface area contributed by atoms with Crippen molar-refractivity contribution >= 4 is 27.5 Å². The van der Waals surface area contributed by atoms with Gasteiger partial charge < -0.3 is 5.11 Å². The van der Waals surface area contributed by atoms with E-state index in [1.54, 1.807) is 0 Å². The molecule has 1 N–H and O–H groups in total. The van der Waals surface area contributed by atoms with Crippen molar-refractivity contribution in [1.82, 2.24) is 0 Å². The minimum absolute atomic E-state index is 0.358. The van der Waals surface area contributed by atoms with Crippen LogP contribution in [0.1, 0.15) is 31.7 Å². The zero-order chi connectivity index (χ0) is 11.1. The van der Waals surface area contributed by atoms with E-state index in [0.717, 1.165) is 22.9 Å². The molecular weight excluding hydrogens is 275 g/mol. The summed E-state index contributed by atoms with van der Waals surface area (Å²) in [4.78, 5) is 0. The van der Waals surface area contributed by atoms with Crippen molar-refractivity contribution in [3.05, 3.63) is 33.3 Å². The lowest BCUT2D eigenvalue weighted by Gasteiger charge is -2.39. The van der Waals surface area contributed by atoms with Crippen LogP contribution < -0.4 is 0 Å². The van der Waals surface area contributed by atoms with Crippen molar-refractivity contribution in [2.45, 2.75) is 31.8 Å². The zero-order valence-corrected chi connectivity index (χ0v) is 11.0. The standard InChI is InChI=1S/C12H14BrClO/c1-12(15,8-3-2-4-8)10-6-5-9(13)7-11(10)14/h5-8,15H,2-4H2,1H3. The normalized spacial score (nSPS) is 20.8. The number of hydrogen-bond acceptors (Lipinski definition) is 1. The lowest BCUT2D eigenvalue weighted by atomic mass is 9.71. The molecule has 1 saturated carbocycles. The van der Waals surface area contributed by atoms with Gasteiger partial charge in [-0.25, -0.2) is 0 Å². The molecule has 1 nitrogen and oxygen atoms in total. The first-order chi connectivity index (χ1) is 7.01. The van der Waals surface area contributed by atoms with Gasteiger partial charge in [0.2, 0.25) is 0 Å². The van der Waals surface area contributed by atoms with Gasteiger partial charge in [-0.15, -0.1) is 0 Å². The first-order valence-electron chi connectivity index (χ1n) is 5.19. The molecule has 1 aromatic carbocycles. The second-order valence-corrected chi connectivity index (χ2v) is 5.72. The third kappa shape index (κ3) is 2.08. The highest BCUT2D eigenvalue weighted by molar-refractivity contribution is 9.10. The molecule has 1 atom stereocenters. The molecule has 0 aromatic heterocycles. The van der Waals surface area contributed by atoms with Crippen LogP contribution in [-0.2, 0) is 5.60 Å². The van der Waals surface area contributed by atoms with Crippen LogP contribution in [-0.4, -0.2) is 5.11 Å². The minimum atomic E-state index is -0.782. The fourth-order valence-corrected chi connectivity index (χ4v) is 2.95. The molecule has 0 aliphatic heterocycles. The highest BCUT2D eigenvalue weighted by Crippen LogP contribution is 2.44. The van der Waals surface area contributed by atoms with E-state index >= 15 is 0 Å². The molecule has 1 aromatic rings. The number of aliphatic hydroxyl groups is 1. The highest BCUT2D eigenvalue weighted by Gasteiger charge is 2.38. The molecular formula is C12H14BrClO. The maximum atomic E-state index is 10.5. The molecule has 1 fully saturated rings. The Morgan fingerprint density at radius 1 is 1.47 bits per heavy atom. The van der Waals surface area contributed by atoms with Gasteiger partial charge in [0.15, 0.2) is 0 Å². The lowest BCUT2D eigenvalue weighted by Crippen LogP contribution is -2.36. The van der Waals surface area contributed by atoms with E-state index in [9.17, 15) is 5.11 Å². The summed E-state index contributed by atoms with van der Waals surface area (Å²) in [5.41, 5.74) is 0.0628. The molecule has 2 rings (SSSR count). The van der Waals surface area contributed by atoms with Crippen molar-refractivity contribution in [3.8, 4) is 0 Å². The predicted molar refractivity (Wildman–Crippen MR) is 66.1 cm³/mol.